The molecule has 0 bridgehead atoms. The summed E-state index contributed by atoms with van der Waals surface area (Å²) >= 11 is 12.2. The molecule has 0 aliphatic heterocycles. The van der Waals surface area contributed by atoms with Crippen LogP contribution in [0, 0.1) is 6.92 Å². The number of anilines is 1. The van der Waals surface area contributed by atoms with Crippen molar-refractivity contribution in [1.82, 2.24) is 0 Å². The van der Waals surface area contributed by atoms with E-state index in [-0.39, 0.29) is 16.5 Å². The van der Waals surface area contributed by atoms with Crippen LogP contribution in [0.3, 0.4) is 0 Å². The molecule has 2 aromatic rings. The summed E-state index contributed by atoms with van der Waals surface area (Å²) in [5, 5.41) is 0.680. The molecule has 2 rings (SSSR count). The van der Waals surface area contributed by atoms with E-state index in [2.05, 4.69) is 6.58 Å². The Balaban J connectivity index is 2.59. The molecule has 0 aliphatic carbocycles. The predicted molar refractivity (Wildman–Crippen MR) is 98.9 cm³/mol. The van der Waals surface area contributed by atoms with Gasteiger partial charge in [-0.3, -0.25) is 4.31 Å². The second kappa shape index (κ2) is 7.47. The van der Waals surface area contributed by atoms with Crippen molar-refractivity contribution in [3.63, 3.8) is 0 Å². The summed E-state index contributed by atoms with van der Waals surface area (Å²) in [6.45, 7) is 5.47. The minimum atomic E-state index is -3.84. The molecule has 0 N–H and O–H groups in total. The molecule has 2 aromatic carbocycles. The maximum atomic E-state index is 13.1. The maximum Gasteiger partial charge on any atom is 0.264 e. The molecular weight excluding hydrogens is 369 g/mol. The second-order valence-electron chi connectivity index (χ2n) is 5.05. The summed E-state index contributed by atoms with van der Waals surface area (Å²) in [7, 11) is -2.31. The molecule has 0 saturated heterocycles. The van der Waals surface area contributed by atoms with Gasteiger partial charge in [0.15, 0.2) is 0 Å². The van der Waals surface area contributed by atoms with Crippen LogP contribution in [0.1, 0.15) is 5.56 Å². The van der Waals surface area contributed by atoms with E-state index >= 15 is 0 Å². The molecule has 0 heterocycles. The average Bonchev–Trinajstić information content (AvgIpc) is 2.54. The first kappa shape index (κ1) is 18.6. The van der Waals surface area contributed by atoms with Gasteiger partial charge in [0.2, 0.25) is 0 Å². The number of hydrogen-bond acceptors (Lipinski definition) is 3. The van der Waals surface area contributed by atoms with Crippen LogP contribution in [0.5, 0.6) is 5.75 Å². The Morgan fingerprint density at radius 2 is 1.92 bits per heavy atom. The van der Waals surface area contributed by atoms with Crippen molar-refractivity contribution in [2.24, 2.45) is 0 Å². The lowest BCUT2D eigenvalue weighted by Crippen LogP contribution is -2.31. The Morgan fingerprint density at radius 1 is 1.21 bits per heavy atom. The van der Waals surface area contributed by atoms with E-state index in [1.165, 1.54) is 29.6 Å². The van der Waals surface area contributed by atoms with E-state index in [1.807, 2.05) is 0 Å². The van der Waals surface area contributed by atoms with E-state index in [1.54, 1.807) is 31.2 Å². The zero-order valence-corrected chi connectivity index (χ0v) is 15.6. The zero-order valence-electron chi connectivity index (χ0n) is 13.3. The number of ether oxygens (including phenoxy) is 1. The summed E-state index contributed by atoms with van der Waals surface area (Å²) in [6, 6.07) is 9.35. The monoisotopic (exact) mass is 385 g/mol. The standard InChI is InChI=1S/C17H17Cl2NO3S/c1-4-9-20(16-11-13(18)5-7-15(16)19)24(21,22)14-6-8-17(23-3)12(2)10-14/h4-8,10-11H,1,9H2,2-3H3. The fourth-order valence-corrected chi connectivity index (χ4v) is 4.23. The molecule has 0 amide bonds. The summed E-state index contributed by atoms with van der Waals surface area (Å²) in [5.74, 6) is 0.616. The minimum absolute atomic E-state index is 0.0630. The topological polar surface area (TPSA) is 46.6 Å². The van der Waals surface area contributed by atoms with Gasteiger partial charge in [0.25, 0.3) is 10.0 Å². The lowest BCUT2D eigenvalue weighted by molar-refractivity contribution is 0.411. The molecular formula is C17H17Cl2NO3S. The van der Waals surface area contributed by atoms with Gasteiger partial charge in [0.1, 0.15) is 5.75 Å². The van der Waals surface area contributed by atoms with Crippen molar-refractivity contribution < 1.29 is 13.2 Å². The molecule has 0 radical (unpaired) electrons. The number of halogens is 2. The van der Waals surface area contributed by atoms with Gasteiger partial charge in [-0.1, -0.05) is 29.3 Å². The molecule has 4 nitrogen and oxygen atoms in total. The van der Waals surface area contributed by atoms with Crippen molar-refractivity contribution in [3.05, 3.63) is 64.7 Å². The predicted octanol–water partition coefficient (Wildman–Crippen LogP) is 4.69. The summed E-state index contributed by atoms with van der Waals surface area (Å²) < 4.78 is 32.5. The Morgan fingerprint density at radius 3 is 2.50 bits per heavy atom. The highest BCUT2D eigenvalue weighted by Gasteiger charge is 2.26. The average molecular weight is 386 g/mol. The first-order chi connectivity index (χ1) is 11.3. The third-order valence-corrected chi connectivity index (χ3v) is 5.76. The summed E-state index contributed by atoms with van der Waals surface area (Å²) in [6.07, 6.45) is 1.49. The smallest absolute Gasteiger partial charge is 0.264 e. The number of hydrogen-bond donors (Lipinski definition) is 0. The first-order valence-electron chi connectivity index (χ1n) is 7.04. The molecule has 7 heteroatoms. The van der Waals surface area contributed by atoms with E-state index < -0.39 is 10.0 Å². The molecule has 0 spiro atoms. The minimum Gasteiger partial charge on any atom is -0.496 e. The fraction of sp³-hybridized carbons (Fsp3) is 0.176. The van der Waals surface area contributed by atoms with Crippen molar-refractivity contribution in [1.29, 1.82) is 0 Å². The Kier molecular flexibility index (Phi) is 5.80. The van der Waals surface area contributed by atoms with Crippen LogP contribution in [0.15, 0.2) is 53.9 Å². The number of aryl methyl sites for hydroxylation is 1. The molecule has 0 aliphatic rings. The van der Waals surface area contributed by atoms with E-state index in [4.69, 9.17) is 27.9 Å². The molecule has 24 heavy (non-hydrogen) atoms. The van der Waals surface area contributed by atoms with Crippen LogP contribution in [0.25, 0.3) is 0 Å². The van der Waals surface area contributed by atoms with E-state index in [0.717, 1.165) is 0 Å². The Hall–Kier alpha value is -1.69. The van der Waals surface area contributed by atoms with Crippen molar-refractivity contribution in [2.45, 2.75) is 11.8 Å². The molecule has 0 saturated carbocycles. The number of rotatable bonds is 6. The molecule has 0 fully saturated rings. The van der Waals surface area contributed by atoms with Crippen LogP contribution in [-0.2, 0) is 10.0 Å². The molecule has 128 valence electrons. The lowest BCUT2D eigenvalue weighted by atomic mass is 10.2. The van der Waals surface area contributed by atoms with Gasteiger partial charge >= 0.3 is 0 Å². The van der Waals surface area contributed by atoms with E-state index in [9.17, 15) is 8.42 Å². The Labute approximate surface area is 152 Å². The van der Waals surface area contributed by atoms with Gasteiger partial charge in [-0.2, -0.15) is 0 Å². The maximum absolute atomic E-state index is 13.1. The number of benzene rings is 2. The highest BCUT2D eigenvalue weighted by atomic mass is 35.5. The normalized spacial score (nSPS) is 11.2. The van der Waals surface area contributed by atoms with Gasteiger partial charge in [0, 0.05) is 5.02 Å². The zero-order chi connectivity index (χ0) is 17.9. The summed E-state index contributed by atoms with van der Waals surface area (Å²) in [4.78, 5) is 0.138. The number of methoxy groups -OCH3 is 1. The molecule has 0 atom stereocenters. The van der Waals surface area contributed by atoms with Gasteiger partial charge in [0.05, 0.1) is 29.3 Å². The number of nitrogens with zero attached hydrogens (tertiary/aromatic N) is 1. The fourth-order valence-electron chi connectivity index (χ4n) is 2.26. The third kappa shape index (κ3) is 3.69. The Bertz CT molecular complexity index is 866. The largest absolute Gasteiger partial charge is 0.496 e. The highest BCUT2D eigenvalue weighted by molar-refractivity contribution is 7.92. The highest BCUT2D eigenvalue weighted by Crippen LogP contribution is 2.33. The van der Waals surface area contributed by atoms with Gasteiger partial charge in [-0.15, -0.1) is 6.58 Å². The van der Waals surface area contributed by atoms with Gasteiger partial charge in [-0.25, -0.2) is 8.42 Å². The lowest BCUT2D eigenvalue weighted by Gasteiger charge is -2.24. The number of sulfonamides is 1. The molecule has 0 unspecified atom stereocenters. The van der Waals surface area contributed by atoms with Crippen LogP contribution < -0.4 is 9.04 Å². The van der Waals surface area contributed by atoms with Gasteiger partial charge < -0.3 is 4.74 Å². The van der Waals surface area contributed by atoms with Crippen LogP contribution in [-0.4, -0.2) is 22.1 Å². The van der Waals surface area contributed by atoms with Crippen molar-refractivity contribution in [2.75, 3.05) is 18.0 Å². The van der Waals surface area contributed by atoms with Crippen LogP contribution >= 0.6 is 23.2 Å². The van der Waals surface area contributed by atoms with Crippen molar-refractivity contribution in [3.8, 4) is 5.75 Å². The second-order valence-corrected chi connectivity index (χ2v) is 7.76. The SMILES string of the molecule is C=CCN(c1cc(Cl)ccc1Cl)S(=O)(=O)c1ccc(OC)c(C)c1. The van der Waals surface area contributed by atoms with Crippen LogP contribution in [0.4, 0.5) is 5.69 Å². The first-order valence-corrected chi connectivity index (χ1v) is 9.24. The van der Waals surface area contributed by atoms with Gasteiger partial charge in [-0.05, 0) is 48.9 Å². The molecule has 0 aromatic heterocycles. The van der Waals surface area contributed by atoms with Crippen LogP contribution in [0.2, 0.25) is 10.0 Å². The summed E-state index contributed by atoms with van der Waals surface area (Å²) in [5.41, 5.74) is 1.02. The van der Waals surface area contributed by atoms with Crippen molar-refractivity contribution >= 4 is 38.9 Å². The quantitative estimate of drug-likeness (QED) is 0.677. The van der Waals surface area contributed by atoms with E-state index in [0.29, 0.717) is 22.0 Å². The third-order valence-electron chi connectivity index (χ3n) is 3.43.